The van der Waals surface area contributed by atoms with Crippen LogP contribution >= 0.6 is 0 Å². The molecule has 8 nitrogen and oxygen atoms in total. The van der Waals surface area contributed by atoms with E-state index in [0.29, 0.717) is 18.7 Å². The third-order valence-electron chi connectivity index (χ3n) is 5.74. The maximum absolute atomic E-state index is 12.8. The molecule has 4 aromatic heterocycles. The van der Waals surface area contributed by atoms with Crippen LogP contribution in [-0.2, 0) is 17.1 Å². The summed E-state index contributed by atoms with van der Waals surface area (Å²) in [4.78, 5) is 17.4. The Bertz CT molecular complexity index is 1330. The highest BCUT2D eigenvalue weighted by atomic mass is 32.2. The van der Waals surface area contributed by atoms with E-state index in [-0.39, 0.29) is 10.9 Å². The van der Waals surface area contributed by atoms with Gasteiger partial charge in [-0.15, -0.1) is 0 Å². The summed E-state index contributed by atoms with van der Waals surface area (Å²) < 4.78 is 28.7. The molecule has 0 radical (unpaired) electrons. The molecule has 1 aliphatic heterocycles. The summed E-state index contributed by atoms with van der Waals surface area (Å²) in [5.41, 5.74) is 3.76. The number of rotatable bonds is 4. The minimum atomic E-state index is -3.55. The maximum atomic E-state index is 12.8. The van der Waals surface area contributed by atoms with Gasteiger partial charge in [0.05, 0.1) is 6.33 Å². The topological polar surface area (TPSA) is 93.9 Å². The van der Waals surface area contributed by atoms with Crippen molar-refractivity contribution in [1.29, 1.82) is 0 Å². The molecule has 0 amide bonds. The van der Waals surface area contributed by atoms with Crippen LogP contribution in [-0.4, -0.2) is 50.3 Å². The van der Waals surface area contributed by atoms with Crippen LogP contribution in [0, 0.1) is 0 Å². The molecule has 1 fully saturated rings. The first-order chi connectivity index (χ1) is 15.0. The van der Waals surface area contributed by atoms with Crippen LogP contribution in [0.4, 0.5) is 0 Å². The smallest absolute Gasteiger partial charge is 0.262 e. The molecule has 0 atom stereocenters. The largest absolute Gasteiger partial charge is 0.339 e. The maximum Gasteiger partial charge on any atom is 0.262 e. The van der Waals surface area contributed by atoms with Crippen molar-refractivity contribution in [2.45, 2.75) is 23.8 Å². The van der Waals surface area contributed by atoms with E-state index in [1.165, 1.54) is 16.8 Å². The van der Waals surface area contributed by atoms with Crippen molar-refractivity contribution in [1.82, 2.24) is 28.8 Å². The van der Waals surface area contributed by atoms with E-state index in [1.807, 2.05) is 30.5 Å². The minimum Gasteiger partial charge on any atom is -0.339 e. The molecule has 0 bridgehead atoms. The molecule has 1 aliphatic rings. The number of sulfonamides is 1. The number of pyridine rings is 3. The van der Waals surface area contributed by atoms with Crippen LogP contribution in [0.25, 0.3) is 22.2 Å². The molecule has 5 heterocycles. The zero-order chi connectivity index (χ0) is 21.4. The lowest BCUT2D eigenvalue weighted by molar-refractivity contribution is 0.316. The average Bonchev–Trinajstić information content (AvgIpc) is 3.26. The summed E-state index contributed by atoms with van der Waals surface area (Å²) in [6, 6.07) is 10.1. The fraction of sp³-hybridized carbons (Fsp3) is 0.273. The average molecular weight is 435 g/mol. The van der Waals surface area contributed by atoms with E-state index in [2.05, 4.69) is 21.0 Å². The molecule has 1 saturated heterocycles. The quantitative estimate of drug-likeness (QED) is 0.490. The highest BCUT2D eigenvalue weighted by Gasteiger charge is 2.31. The van der Waals surface area contributed by atoms with Crippen molar-refractivity contribution < 1.29 is 8.42 Å². The molecule has 0 aliphatic carbocycles. The summed E-state index contributed by atoms with van der Waals surface area (Å²) in [7, 11) is -1.79. The Kier molecular flexibility index (Phi) is 4.99. The lowest BCUT2D eigenvalue weighted by Crippen LogP contribution is -2.38. The second-order valence-corrected chi connectivity index (χ2v) is 9.68. The number of hydrogen-bond donors (Lipinski definition) is 0. The van der Waals surface area contributed by atoms with Crippen molar-refractivity contribution >= 4 is 21.1 Å². The molecule has 0 saturated carbocycles. The molecule has 0 N–H and O–H groups in total. The van der Waals surface area contributed by atoms with Gasteiger partial charge in [0, 0.05) is 67.5 Å². The molecule has 9 heteroatoms. The van der Waals surface area contributed by atoms with Gasteiger partial charge in [-0.05, 0) is 48.7 Å². The van der Waals surface area contributed by atoms with Crippen molar-refractivity contribution in [3.63, 3.8) is 0 Å². The monoisotopic (exact) mass is 434 g/mol. The first kappa shape index (κ1) is 19.8. The lowest BCUT2D eigenvalue weighted by Gasteiger charge is -2.30. The number of piperidine rings is 1. The Morgan fingerprint density at radius 1 is 1.00 bits per heavy atom. The normalized spacial score (nSPS) is 16.0. The van der Waals surface area contributed by atoms with Crippen LogP contribution in [0.1, 0.15) is 24.5 Å². The second-order valence-electron chi connectivity index (χ2n) is 7.80. The predicted octanol–water partition coefficient (Wildman–Crippen LogP) is 2.99. The highest BCUT2D eigenvalue weighted by Crippen LogP contribution is 2.31. The van der Waals surface area contributed by atoms with Crippen LogP contribution in [0.3, 0.4) is 0 Å². The highest BCUT2D eigenvalue weighted by molar-refractivity contribution is 7.89. The molecule has 5 rings (SSSR count). The van der Waals surface area contributed by atoms with E-state index in [9.17, 15) is 8.42 Å². The van der Waals surface area contributed by atoms with Gasteiger partial charge in [-0.25, -0.2) is 23.4 Å². The minimum absolute atomic E-state index is 0.103. The third-order valence-corrected chi connectivity index (χ3v) is 7.52. The van der Waals surface area contributed by atoms with Gasteiger partial charge in [-0.2, -0.15) is 4.31 Å². The summed E-state index contributed by atoms with van der Waals surface area (Å²) >= 11 is 0. The standard InChI is InChI=1S/C22H22N6O2S/c1-27-14-21(25-15-27)31(29,30)28-10-6-17(7-11-28)20-3-2-18-12-19(13-24-22(18)26-20)16-4-8-23-9-5-16/h2-5,8-9,12-15,17H,6-7,10-11H2,1H3. The van der Waals surface area contributed by atoms with Gasteiger partial charge in [-0.1, -0.05) is 0 Å². The first-order valence-electron chi connectivity index (χ1n) is 10.2. The van der Waals surface area contributed by atoms with E-state index in [4.69, 9.17) is 4.98 Å². The van der Waals surface area contributed by atoms with Gasteiger partial charge in [-0.3, -0.25) is 4.98 Å². The SMILES string of the molecule is Cn1cnc(S(=O)(=O)N2CCC(c3ccc4cc(-c5ccncc5)cnc4n3)CC2)c1. The Morgan fingerprint density at radius 3 is 2.48 bits per heavy atom. The van der Waals surface area contributed by atoms with Crippen LogP contribution in [0.2, 0.25) is 0 Å². The molecule has 4 aromatic rings. The summed E-state index contributed by atoms with van der Waals surface area (Å²) in [6.07, 6.45) is 9.85. The number of aromatic nitrogens is 5. The molecule has 0 spiro atoms. The summed E-state index contributed by atoms with van der Waals surface area (Å²) in [5, 5.41) is 1.08. The Labute approximate surface area is 180 Å². The van der Waals surface area contributed by atoms with Crippen LogP contribution < -0.4 is 0 Å². The van der Waals surface area contributed by atoms with Gasteiger partial charge >= 0.3 is 0 Å². The Morgan fingerprint density at radius 2 is 1.77 bits per heavy atom. The molecular formula is C22H22N6O2S. The number of aryl methyl sites for hydroxylation is 1. The molecule has 158 valence electrons. The Hall–Kier alpha value is -3.17. The van der Waals surface area contributed by atoms with Crippen molar-refractivity contribution in [3.8, 4) is 11.1 Å². The first-order valence-corrected chi connectivity index (χ1v) is 11.6. The van der Waals surface area contributed by atoms with Gasteiger partial charge in [0.25, 0.3) is 10.0 Å². The van der Waals surface area contributed by atoms with Crippen LogP contribution in [0.15, 0.2) is 66.5 Å². The number of hydrogen-bond acceptors (Lipinski definition) is 6. The lowest BCUT2D eigenvalue weighted by atomic mass is 9.94. The second kappa shape index (κ2) is 7.82. The van der Waals surface area contributed by atoms with E-state index >= 15 is 0 Å². The van der Waals surface area contributed by atoms with Crippen molar-refractivity contribution in [2.75, 3.05) is 13.1 Å². The fourth-order valence-corrected chi connectivity index (χ4v) is 5.44. The van der Waals surface area contributed by atoms with Crippen molar-refractivity contribution in [2.24, 2.45) is 7.05 Å². The fourth-order valence-electron chi connectivity index (χ4n) is 4.00. The molecule has 31 heavy (non-hydrogen) atoms. The number of imidazole rings is 1. The molecule has 0 unspecified atom stereocenters. The van der Waals surface area contributed by atoms with Gasteiger partial charge < -0.3 is 4.57 Å². The van der Waals surface area contributed by atoms with Crippen molar-refractivity contribution in [3.05, 3.63) is 67.1 Å². The summed E-state index contributed by atoms with van der Waals surface area (Å²) in [5.74, 6) is 0.209. The van der Waals surface area contributed by atoms with E-state index in [0.717, 1.165) is 35.0 Å². The zero-order valence-corrected chi connectivity index (χ0v) is 17.9. The number of fused-ring (bicyclic) bond motifs is 1. The molecule has 0 aromatic carbocycles. The van der Waals surface area contributed by atoms with Gasteiger partial charge in [0.15, 0.2) is 10.7 Å². The third kappa shape index (κ3) is 3.82. The van der Waals surface area contributed by atoms with E-state index in [1.54, 1.807) is 24.0 Å². The van der Waals surface area contributed by atoms with Gasteiger partial charge in [0.1, 0.15) is 0 Å². The summed E-state index contributed by atoms with van der Waals surface area (Å²) in [6.45, 7) is 0.912. The van der Waals surface area contributed by atoms with Crippen LogP contribution in [0.5, 0.6) is 0 Å². The predicted molar refractivity (Wildman–Crippen MR) is 117 cm³/mol. The van der Waals surface area contributed by atoms with E-state index < -0.39 is 10.0 Å². The number of nitrogens with zero attached hydrogens (tertiary/aromatic N) is 6. The van der Waals surface area contributed by atoms with Gasteiger partial charge in [0.2, 0.25) is 0 Å². The Balaban J connectivity index is 1.33. The zero-order valence-electron chi connectivity index (χ0n) is 17.1. The molecular weight excluding hydrogens is 412 g/mol.